The zero-order valence-corrected chi connectivity index (χ0v) is 59.1. The maximum absolute atomic E-state index is 13.0. The van der Waals surface area contributed by atoms with E-state index in [0.717, 1.165) is 33.4 Å². The lowest BCUT2D eigenvalue weighted by molar-refractivity contribution is -0.141. The van der Waals surface area contributed by atoms with Gasteiger partial charge in [0.1, 0.15) is 0 Å². The zero-order valence-electron chi connectivity index (χ0n) is 54.5. The van der Waals surface area contributed by atoms with E-state index < -0.39 is 46.9 Å². The van der Waals surface area contributed by atoms with Gasteiger partial charge in [-0.25, -0.2) is 23.2 Å². The molecule has 0 aliphatic rings. The number of hydrogen-bond acceptors (Lipinski definition) is 8. The number of thioether (sulfide) groups is 1. The van der Waals surface area contributed by atoms with Crippen molar-refractivity contribution in [1.82, 2.24) is 14.8 Å². The molecule has 2 heterocycles. The number of carbonyl (C=O) groups is 1. The smallest absolute Gasteiger partial charge is 0.435 e. The van der Waals surface area contributed by atoms with Gasteiger partial charge in [0.15, 0.2) is 34.7 Å². The minimum Gasteiger partial charge on any atom is -0.487 e. The molecular formula is C69H88Cl5F8N3O5S. The van der Waals surface area contributed by atoms with Crippen LogP contribution in [0.15, 0.2) is 114 Å². The Hall–Kier alpha value is -5.17. The van der Waals surface area contributed by atoms with Crippen molar-refractivity contribution >= 4 is 75.7 Å². The van der Waals surface area contributed by atoms with Gasteiger partial charge in [-0.1, -0.05) is 222 Å². The van der Waals surface area contributed by atoms with E-state index in [0.29, 0.717) is 50.5 Å². The van der Waals surface area contributed by atoms with Crippen LogP contribution in [0.3, 0.4) is 0 Å². The fourth-order valence-electron chi connectivity index (χ4n) is 6.69. The molecule has 5 aromatic carbocycles. The first-order valence-electron chi connectivity index (χ1n) is 29.7. The first-order chi connectivity index (χ1) is 42.6. The fourth-order valence-corrected chi connectivity index (χ4v) is 9.17. The molecule has 22 heteroatoms. The molecule has 7 rings (SSSR count). The normalized spacial score (nSPS) is 10.9. The van der Waals surface area contributed by atoms with E-state index in [1.165, 1.54) is 43.2 Å². The highest BCUT2D eigenvalue weighted by atomic mass is 35.5. The second kappa shape index (κ2) is 44.4. The van der Waals surface area contributed by atoms with E-state index in [-0.39, 0.29) is 60.4 Å². The Morgan fingerprint density at radius 3 is 1.56 bits per heavy atom. The van der Waals surface area contributed by atoms with Crippen LogP contribution in [0, 0.1) is 58.8 Å². The molecule has 0 amide bonds. The highest BCUT2D eigenvalue weighted by Crippen LogP contribution is 2.36. The molecule has 506 valence electrons. The number of rotatable bonds is 20. The number of oxazole rings is 1. The molecule has 0 fully saturated rings. The third kappa shape index (κ3) is 34.5. The Bertz CT molecular complexity index is 3100. The molecule has 0 unspecified atom stereocenters. The SMILES string of the molecule is CC(C)CCCc1ccccc1.CC(C)CF.CC(C)COC(=O)c1c(Cl)cccc1Cl.CC(C)COc1c(F)c(F)cc(F)c1F.CC(C)COc1cc(C(F)(F)F)nn1C.CC(C)CSCc1ccccc1Cl.CC(C)c1ncc(-c2c(Cl)cccc2Cl)o1. The number of hydrogen-bond donors (Lipinski definition) is 0. The summed E-state index contributed by atoms with van der Waals surface area (Å²) in [6, 6.07) is 30.1. The summed E-state index contributed by atoms with van der Waals surface area (Å²) in [5, 5.41) is 5.98. The van der Waals surface area contributed by atoms with Crippen molar-refractivity contribution in [1.29, 1.82) is 0 Å². The number of esters is 1. The van der Waals surface area contributed by atoms with Crippen molar-refractivity contribution in [2.45, 2.75) is 134 Å². The average Bonchev–Trinajstić information content (AvgIpc) is 1.89. The van der Waals surface area contributed by atoms with Gasteiger partial charge in [0.2, 0.25) is 17.5 Å². The van der Waals surface area contributed by atoms with E-state index in [4.69, 9.17) is 71.9 Å². The van der Waals surface area contributed by atoms with Crippen LogP contribution in [0.25, 0.3) is 11.3 Å². The van der Waals surface area contributed by atoms with Crippen LogP contribution in [-0.4, -0.2) is 53.0 Å². The van der Waals surface area contributed by atoms with Gasteiger partial charge in [-0.15, -0.1) is 0 Å². The van der Waals surface area contributed by atoms with Gasteiger partial charge in [0.25, 0.3) is 0 Å². The molecule has 0 radical (unpaired) electrons. The average molecular weight is 1400 g/mol. The van der Waals surface area contributed by atoms with Crippen LogP contribution < -0.4 is 9.47 Å². The summed E-state index contributed by atoms with van der Waals surface area (Å²) in [6.45, 7) is 28.5. The predicted molar refractivity (Wildman–Crippen MR) is 360 cm³/mol. The summed E-state index contributed by atoms with van der Waals surface area (Å²) >= 11 is 31.8. The first-order valence-corrected chi connectivity index (χ1v) is 32.8. The van der Waals surface area contributed by atoms with Crippen LogP contribution in [0.2, 0.25) is 25.1 Å². The molecule has 0 aliphatic carbocycles. The number of halogens is 13. The second-order valence-corrected chi connectivity index (χ2v) is 26.5. The third-order valence-corrected chi connectivity index (χ3v) is 14.4. The van der Waals surface area contributed by atoms with Gasteiger partial charge in [-0.05, 0) is 95.6 Å². The van der Waals surface area contributed by atoms with Gasteiger partial charge in [-0.2, -0.15) is 38.8 Å². The molecule has 0 saturated heterocycles. The molecule has 0 atom stereocenters. The molecular weight excluding hydrogens is 1310 g/mol. The largest absolute Gasteiger partial charge is 0.487 e. The molecule has 0 saturated carbocycles. The van der Waals surface area contributed by atoms with Crippen LogP contribution in [0.4, 0.5) is 35.1 Å². The Balaban J connectivity index is 0.000000539. The molecule has 7 aromatic rings. The van der Waals surface area contributed by atoms with Crippen molar-refractivity contribution < 1.29 is 58.5 Å². The fraction of sp³-hybridized carbons (Fsp3) is 0.464. The number of nitrogens with zero attached hydrogens (tertiary/aromatic N) is 3. The lowest BCUT2D eigenvalue weighted by atomic mass is 10.0. The molecule has 0 N–H and O–H groups in total. The van der Waals surface area contributed by atoms with E-state index >= 15 is 0 Å². The standard InChI is InChI=1S/C12H11Cl2NO.C12H18.C11H12Cl2O2.C11H15ClS.C10H10F4O.C9H13F3N2O.C4H9F/c1-7(2)12-15-6-10(16-12)11-8(13)4-3-5-9(11)14;1-11(2)7-6-10-12-8-4-3-5-9-12;1-7(2)6-15-11(14)10-8(12)4-3-5-9(10)13;1-9(2)7-13-8-10-5-3-4-6-11(10)12;1-5(2)4-15-10-8(13)6(11)3-7(12)9(10)14;1-6(2)5-15-8-4-7(9(10,11)12)13-14(8)3;1-4(2)3-5/h3-7H,1-2H3;3-5,8-9,11H,6-7,10H2,1-2H3;3-5,7H,6H2,1-2H3;3-6,9H,7-8H2,1-2H3;3,5H,4H2,1-2H3;4,6H,5H2,1-3H3;4H,3H2,1-2H3. The third-order valence-electron chi connectivity index (χ3n) is 11.3. The molecule has 91 heavy (non-hydrogen) atoms. The molecule has 0 bridgehead atoms. The van der Waals surface area contributed by atoms with Crippen LogP contribution in [-0.2, 0) is 30.1 Å². The van der Waals surface area contributed by atoms with E-state index in [1.54, 1.807) is 56.4 Å². The molecule has 2 aromatic heterocycles. The number of aromatic nitrogens is 3. The number of aryl methyl sites for hydroxylation is 2. The molecule has 8 nitrogen and oxygen atoms in total. The van der Waals surface area contributed by atoms with Crippen molar-refractivity contribution in [2.24, 2.45) is 42.6 Å². The van der Waals surface area contributed by atoms with Crippen molar-refractivity contribution in [3.05, 3.63) is 186 Å². The van der Waals surface area contributed by atoms with Gasteiger partial charge < -0.3 is 18.6 Å². The summed E-state index contributed by atoms with van der Waals surface area (Å²) in [6.07, 6.45) is 1.13. The lowest BCUT2D eigenvalue weighted by Crippen LogP contribution is -2.11. The number of benzene rings is 5. The number of carbonyl (C=O) groups excluding carboxylic acids is 1. The topological polar surface area (TPSA) is 88.6 Å². The van der Waals surface area contributed by atoms with Gasteiger partial charge in [-0.3, -0.25) is 4.39 Å². The quantitative estimate of drug-likeness (QED) is 0.0424. The Morgan fingerprint density at radius 2 is 1.11 bits per heavy atom. The van der Waals surface area contributed by atoms with Crippen LogP contribution >= 0.6 is 69.8 Å². The molecule has 0 spiro atoms. The van der Waals surface area contributed by atoms with E-state index in [9.17, 15) is 39.9 Å². The summed E-state index contributed by atoms with van der Waals surface area (Å²) < 4.78 is 121. The summed E-state index contributed by atoms with van der Waals surface area (Å²) in [7, 11) is 1.42. The van der Waals surface area contributed by atoms with Gasteiger partial charge >= 0.3 is 12.1 Å². The first kappa shape index (κ1) is 83.8. The minimum absolute atomic E-state index is 0.00451. The predicted octanol–water partition coefficient (Wildman–Crippen LogP) is 23.8. The summed E-state index contributed by atoms with van der Waals surface area (Å²) in [5.41, 5.74) is 2.73. The van der Waals surface area contributed by atoms with E-state index in [2.05, 4.69) is 78.9 Å². The Labute approximate surface area is 563 Å². The summed E-state index contributed by atoms with van der Waals surface area (Å²) in [5.74, 6) is -1.15. The second-order valence-electron chi connectivity index (χ2n) is 23.4. The van der Waals surface area contributed by atoms with Crippen LogP contribution in [0.1, 0.15) is 149 Å². The number of alkyl halides is 4. The monoisotopic (exact) mass is 1400 g/mol. The minimum atomic E-state index is -4.42. The van der Waals surface area contributed by atoms with E-state index in [1.807, 2.05) is 85.4 Å². The van der Waals surface area contributed by atoms with Crippen molar-refractivity contribution in [3.8, 4) is 23.0 Å². The molecule has 0 aliphatic heterocycles. The number of ether oxygens (including phenoxy) is 3. The summed E-state index contributed by atoms with van der Waals surface area (Å²) in [4.78, 5) is 15.8. The van der Waals surface area contributed by atoms with Crippen LogP contribution in [0.5, 0.6) is 11.6 Å². The van der Waals surface area contributed by atoms with Crippen molar-refractivity contribution in [3.63, 3.8) is 0 Å². The van der Waals surface area contributed by atoms with Gasteiger partial charge in [0.05, 0.1) is 63.9 Å². The zero-order chi connectivity index (χ0) is 69.1. The maximum atomic E-state index is 13.0. The highest BCUT2D eigenvalue weighted by molar-refractivity contribution is 7.98. The highest BCUT2D eigenvalue weighted by Gasteiger charge is 2.35. The Morgan fingerprint density at radius 1 is 0.615 bits per heavy atom. The maximum Gasteiger partial charge on any atom is 0.435 e. The van der Waals surface area contributed by atoms with Gasteiger partial charge in [0, 0.05) is 35.9 Å². The Kier molecular flexibility index (Phi) is 40.9. The van der Waals surface area contributed by atoms with Crippen molar-refractivity contribution in [2.75, 3.05) is 32.2 Å². The lowest BCUT2D eigenvalue weighted by Gasteiger charge is -2.10.